The van der Waals surface area contributed by atoms with E-state index in [1.165, 1.54) is 19.1 Å². The molecule has 1 unspecified atom stereocenters. The first-order valence-electron chi connectivity index (χ1n) is 8.96. The van der Waals surface area contributed by atoms with Crippen LogP contribution in [0.2, 0.25) is 0 Å². The van der Waals surface area contributed by atoms with Gasteiger partial charge in [0.2, 0.25) is 0 Å². The Hall–Kier alpha value is -2.84. The van der Waals surface area contributed by atoms with E-state index in [1.54, 1.807) is 36.4 Å². The molecule has 3 rings (SSSR count). The summed E-state index contributed by atoms with van der Waals surface area (Å²) in [4.78, 5) is 27.3. The third kappa shape index (κ3) is 4.05. The Morgan fingerprint density at radius 1 is 1.10 bits per heavy atom. The zero-order valence-corrected chi connectivity index (χ0v) is 20.3. The second kappa shape index (κ2) is 9.53. The first kappa shape index (κ1) is 22.8. The average molecular weight is 594 g/mol. The Morgan fingerprint density at radius 2 is 1.74 bits per heavy atom. The van der Waals surface area contributed by atoms with Crippen molar-refractivity contribution in [1.29, 1.82) is 5.26 Å². The monoisotopic (exact) mass is 593 g/mol. The van der Waals surface area contributed by atoms with E-state index in [1.807, 2.05) is 12.1 Å². The lowest BCUT2D eigenvalue weighted by Gasteiger charge is -2.36. The Bertz CT molecular complexity index is 1160. The number of nitrogens with zero attached hydrogens (tertiary/aromatic N) is 2. The van der Waals surface area contributed by atoms with Crippen molar-refractivity contribution in [2.24, 2.45) is 5.73 Å². The number of hydrogen-bond donors (Lipinski definition) is 1. The third-order valence-corrected chi connectivity index (χ3v) is 7.26. The van der Waals surface area contributed by atoms with E-state index < -0.39 is 17.9 Å². The van der Waals surface area contributed by atoms with Crippen LogP contribution in [0.25, 0.3) is 0 Å². The number of carbonyl (C=O) groups excluding carboxylic acids is 2. The van der Waals surface area contributed by atoms with Crippen molar-refractivity contribution in [3.05, 3.63) is 84.8 Å². The van der Waals surface area contributed by atoms with Crippen molar-refractivity contribution in [3.8, 4) is 6.07 Å². The van der Waals surface area contributed by atoms with Crippen LogP contribution in [0.15, 0.2) is 75.7 Å². The van der Waals surface area contributed by atoms with Gasteiger partial charge < -0.3 is 15.2 Å². The van der Waals surface area contributed by atoms with Crippen LogP contribution in [0.5, 0.6) is 0 Å². The molecule has 31 heavy (non-hydrogen) atoms. The minimum atomic E-state index is -0.898. The number of methoxy groups -OCH3 is 2. The highest BCUT2D eigenvalue weighted by molar-refractivity contribution is 14.1. The summed E-state index contributed by atoms with van der Waals surface area (Å²) in [7, 11) is 2.43. The maximum absolute atomic E-state index is 13.0. The number of hydrogen-bond acceptors (Lipinski definition) is 7. The van der Waals surface area contributed by atoms with Crippen LogP contribution in [-0.2, 0) is 19.1 Å². The number of esters is 2. The molecule has 1 heterocycles. The van der Waals surface area contributed by atoms with E-state index >= 15 is 0 Å². The minimum absolute atomic E-state index is 0.0205. The first-order valence-corrected chi connectivity index (χ1v) is 10.8. The average Bonchev–Trinajstić information content (AvgIpc) is 2.79. The fourth-order valence-electron chi connectivity index (χ4n) is 3.43. The summed E-state index contributed by atoms with van der Waals surface area (Å²) in [5.41, 5.74) is 7.53. The summed E-state index contributed by atoms with van der Waals surface area (Å²) in [6.45, 7) is 0. The lowest BCUT2D eigenvalue weighted by Crippen LogP contribution is -2.41. The Kier molecular flexibility index (Phi) is 7.02. The maximum Gasteiger partial charge on any atom is 0.355 e. The molecule has 1 aliphatic heterocycles. The van der Waals surface area contributed by atoms with Gasteiger partial charge in [-0.15, -0.1) is 0 Å². The minimum Gasteiger partial charge on any atom is -0.466 e. The third-order valence-electron chi connectivity index (χ3n) is 4.78. The molecular weight excluding hydrogens is 577 g/mol. The highest BCUT2D eigenvalue weighted by Gasteiger charge is 2.43. The molecule has 0 saturated heterocycles. The second-order valence-corrected chi connectivity index (χ2v) is 8.36. The van der Waals surface area contributed by atoms with Crippen molar-refractivity contribution in [2.75, 3.05) is 19.1 Å². The number of allylic oxidation sites excluding steroid dienone is 1. The van der Waals surface area contributed by atoms with Crippen LogP contribution in [0.4, 0.5) is 5.69 Å². The molecule has 0 saturated carbocycles. The fourth-order valence-corrected chi connectivity index (χ4v) is 4.35. The summed E-state index contributed by atoms with van der Waals surface area (Å²) in [6.07, 6.45) is 0. The van der Waals surface area contributed by atoms with Gasteiger partial charge in [-0.05, 0) is 56.2 Å². The van der Waals surface area contributed by atoms with E-state index in [2.05, 4.69) is 44.6 Å². The van der Waals surface area contributed by atoms with Gasteiger partial charge in [0, 0.05) is 3.57 Å². The van der Waals surface area contributed by atoms with Crippen molar-refractivity contribution >= 4 is 56.1 Å². The number of carbonyl (C=O) groups is 2. The molecule has 7 nitrogen and oxygen atoms in total. The molecule has 1 aliphatic rings. The highest BCUT2D eigenvalue weighted by atomic mass is 127. The Balaban J connectivity index is 2.45. The lowest BCUT2D eigenvalue weighted by molar-refractivity contribution is -0.139. The van der Waals surface area contributed by atoms with Gasteiger partial charge in [0.1, 0.15) is 11.5 Å². The van der Waals surface area contributed by atoms with Gasteiger partial charge in [0.15, 0.2) is 0 Å². The van der Waals surface area contributed by atoms with Crippen molar-refractivity contribution < 1.29 is 19.1 Å². The van der Waals surface area contributed by atoms with E-state index in [0.717, 1.165) is 3.57 Å². The lowest BCUT2D eigenvalue weighted by atomic mass is 9.81. The Morgan fingerprint density at radius 3 is 2.32 bits per heavy atom. The van der Waals surface area contributed by atoms with Crippen LogP contribution < -0.4 is 10.6 Å². The van der Waals surface area contributed by atoms with Crippen molar-refractivity contribution in [1.82, 2.24) is 0 Å². The molecule has 0 amide bonds. The van der Waals surface area contributed by atoms with Crippen molar-refractivity contribution in [2.45, 2.75) is 5.92 Å². The van der Waals surface area contributed by atoms with E-state index in [9.17, 15) is 14.9 Å². The molecule has 0 fully saturated rings. The van der Waals surface area contributed by atoms with Gasteiger partial charge in [-0.1, -0.05) is 36.4 Å². The van der Waals surface area contributed by atoms with E-state index in [4.69, 9.17) is 15.2 Å². The molecule has 2 aromatic rings. The molecule has 0 spiro atoms. The Labute approximate surface area is 201 Å². The van der Waals surface area contributed by atoms with Crippen LogP contribution in [0, 0.1) is 14.9 Å². The molecule has 0 radical (unpaired) electrons. The number of rotatable bonds is 4. The van der Waals surface area contributed by atoms with Gasteiger partial charge in [-0.3, -0.25) is 4.90 Å². The van der Waals surface area contributed by atoms with E-state index in [0.29, 0.717) is 15.7 Å². The molecule has 0 bridgehead atoms. The second-order valence-electron chi connectivity index (χ2n) is 6.41. The van der Waals surface area contributed by atoms with Crippen LogP contribution in [0.1, 0.15) is 11.5 Å². The van der Waals surface area contributed by atoms with Crippen molar-refractivity contribution in [3.63, 3.8) is 0 Å². The largest absolute Gasteiger partial charge is 0.466 e. The number of anilines is 1. The standard InChI is InChI=1S/C22H17BrIN3O4/c1-30-21(28)17-16(12-7-4-3-5-8-12)13(11-25)20(26)27(19(17)22(29)31-2)15-10-6-9-14(24)18(15)23/h3-10,16H,26H2,1-2H3. The smallest absolute Gasteiger partial charge is 0.355 e. The molecular formula is C22H17BrIN3O4. The number of benzene rings is 2. The number of ether oxygens (including phenoxy) is 2. The number of halogens is 2. The fraction of sp³-hybridized carbons (Fsp3) is 0.136. The topological polar surface area (TPSA) is 106 Å². The van der Waals surface area contributed by atoms with Crippen LogP contribution in [-0.4, -0.2) is 26.2 Å². The zero-order valence-electron chi connectivity index (χ0n) is 16.6. The molecule has 0 aliphatic carbocycles. The number of nitrogens with two attached hydrogens (primary N) is 1. The normalized spacial score (nSPS) is 16.1. The molecule has 158 valence electrons. The summed E-state index contributed by atoms with van der Waals surface area (Å²) >= 11 is 5.64. The van der Waals surface area contributed by atoms with Gasteiger partial charge in [0.25, 0.3) is 0 Å². The number of nitriles is 1. The SMILES string of the molecule is COC(=O)C1=C(C(=O)OC)N(c2cccc(I)c2Br)C(N)=C(C#N)C1c1ccccc1. The van der Waals surface area contributed by atoms with E-state index in [-0.39, 0.29) is 22.7 Å². The van der Waals surface area contributed by atoms with Gasteiger partial charge in [-0.2, -0.15) is 5.26 Å². The predicted molar refractivity (Wildman–Crippen MR) is 126 cm³/mol. The molecule has 0 aromatic heterocycles. The predicted octanol–water partition coefficient (Wildman–Crippen LogP) is 3.95. The van der Waals surface area contributed by atoms with Crippen LogP contribution in [0.3, 0.4) is 0 Å². The summed E-state index contributed by atoms with van der Waals surface area (Å²) < 4.78 is 11.5. The molecule has 2 aromatic carbocycles. The van der Waals surface area contributed by atoms with Gasteiger partial charge >= 0.3 is 11.9 Å². The summed E-state index contributed by atoms with van der Waals surface area (Å²) in [5, 5.41) is 10.0. The van der Waals surface area contributed by atoms with Gasteiger partial charge in [0.05, 0.1) is 47.5 Å². The zero-order chi connectivity index (χ0) is 22.7. The molecule has 2 N–H and O–H groups in total. The molecule has 1 atom stereocenters. The summed E-state index contributed by atoms with van der Waals surface area (Å²) in [5.74, 6) is -2.43. The first-order chi connectivity index (χ1) is 14.9. The van der Waals surface area contributed by atoms with Crippen LogP contribution >= 0.6 is 38.5 Å². The summed E-state index contributed by atoms with van der Waals surface area (Å²) in [6, 6.07) is 16.3. The maximum atomic E-state index is 13.0. The van der Waals surface area contributed by atoms with Gasteiger partial charge in [-0.25, -0.2) is 9.59 Å². The highest BCUT2D eigenvalue weighted by Crippen LogP contribution is 2.45. The quantitative estimate of drug-likeness (QED) is 0.423. The molecule has 9 heteroatoms.